The molecule has 0 amide bonds. The van der Waals surface area contributed by atoms with Gasteiger partial charge in [0.05, 0.1) is 11.9 Å². The van der Waals surface area contributed by atoms with Gasteiger partial charge in [-0.2, -0.15) is 0 Å². The highest BCUT2D eigenvalue weighted by Gasteiger charge is 2.27. The number of hydrogen-bond donors (Lipinski definition) is 1. The lowest BCUT2D eigenvalue weighted by Gasteiger charge is -2.18. The zero-order chi connectivity index (χ0) is 12.8. The molecule has 0 aliphatic carbocycles. The maximum Gasteiger partial charge on any atom is 0.173 e. The lowest BCUT2D eigenvalue weighted by Crippen LogP contribution is -2.14. The Bertz CT molecular complexity index is 567. The maximum atomic E-state index is 13.8. The lowest BCUT2D eigenvalue weighted by atomic mass is 9.84. The minimum atomic E-state index is -0.563. The molecule has 2 N–H and O–H groups in total. The third-order valence-electron chi connectivity index (χ3n) is 2.75. The second-order valence-electron chi connectivity index (χ2n) is 5.09. The van der Waals surface area contributed by atoms with Gasteiger partial charge in [-0.3, -0.25) is 0 Å². The van der Waals surface area contributed by atoms with E-state index in [1.54, 1.807) is 0 Å². The molecule has 0 radical (unpaired) electrons. The van der Waals surface area contributed by atoms with Crippen molar-refractivity contribution in [2.75, 3.05) is 0 Å². The number of halogens is 2. The van der Waals surface area contributed by atoms with Crippen LogP contribution in [-0.2, 0) is 12.0 Å². The van der Waals surface area contributed by atoms with E-state index >= 15 is 0 Å². The Balaban J connectivity index is 2.93. The van der Waals surface area contributed by atoms with Gasteiger partial charge >= 0.3 is 0 Å². The third kappa shape index (κ3) is 1.82. The van der Waals surface area contributed by atoms with Crippen LogP contribution in [-0.4, -0.2) is 0 Å². The van der Waals surface area contributed by atoms with Crippen molar-refractivity contribution in [1.29, 1.82) is 0 Å². The van der Waals surface area contributed by atoms with Crippen LogP contribution in [0.3, 0.4) is 0 Å². The smallest absolute Gasteiger partial charge is 0.173 e. The fraction of sp³-hybridized carbons (Fsp3) is 0.385. The average molecular weight is 239 g/mol. The number of fused-ring (bicyclic) bond motifs is 1. The second kappa shape index (κ2) is 3.81. The Hall–Kier alpha value is -1.42. The number of furan rings is 1. The zero-order valence-corrected chi connectivity index (χ0v) is 10.1. The number of nitrogens with two attached hydrogens (primary N) is 1. The Morgan fingerprint density at radius 3 is 2.29 bits per heavy atom. The van der Waals surface area contributed by atoms with Crippen LogP contribution in [0.4, 0.5) is 8.78 Å². The van der Waals surface area contributed by atoms with Crippen LogP contribution in [0.25, 0.3) is 11.0 Å². The van der Waals surface area contributed by atoms with Crippen molar-refractivity contribution in [2.45, 2.75) is 32.7 Å². The highest BCUT2D eigenvalue weighted by atomic mass is 19.1. The summed E-state index contributed by atoms with van der Waals surface area (Å²) in [6.45, 7) is 5.88. The van der Waals surface area contributed by atoms with Gasteiger partial charge < -0.3 is 10.2 Å². The molecule has 4 heteroatoms. The molecule has 0 aliphatic heterocycles. The molecular formula is C13H15F2NO. The van der Waals surface area contributed by atoms with Gasteiger partial charge in [-0.25, -0.2) is 8.78 Å². The van der Waals surface area contributed by atoms with E-state index in [9.17, 15) is 8.78 Å². The molecule has 0 saturated carbocycles. The standard InChI is InChI=1S/C13H15F2NO/c1-13(2,3)11-9(6-16)17-12-8(15)5-4-7(14)10(11)12/h4-5H,6,16H2,1-3H3. The van der Waals surface area contributed by atoms with Crippen molar-refractivity contribution in [2.24, 2.45) is 5.73 Å². The fourth-order valence-electron chi connectivity index (χ4n) is 2.12. The largest absolute Gasteiger partial charge is 0.456 e. The van der Waals surface area contributed by atoms with Crippen LogP contribution < -0.4 is 5.73 Å². The SMILES string of the molecule is CC(C)(C)c1c(CN)oc2c(F)ccc(F)c12. The normalized spacial score (nSPS) is 12.4. The van der Waals surface area contributed by atoms with Crippen LogP contribution in [0.1, 0.15) is 32.1 Å². The molecule has 2 rings (SSSR count). The molecular weight excluding hydrogens is 224 g/mol. The van der Waals surface area contributed by atoms with E-state index in [4.69, 9.17) is 10.2 Å². The monoisotopic (exact) mass is 239 g/mol. The fourth-order valence-corrected chi connectivity index (χ4v) is 2.12. The van der Waals surface area contributed by atoms with Crippen LogP contribution in [0.15, 0.2) is 16.5 Å². The Morgan fingerprint density at radius 2 is 1.76 bits per heavy atom. The minimum Gasteiger partial charge on any atom is -0.456 e. The van der Waals surface area contributed by atoms with Crippen LogP contribution in [0.5, 0.6) is 0 Å². The van der Waals surface area contributed by atoms with Crippen molar-refractivity contribution in [3.05, 3.63) is 35.1 Å². The van der Waals surface area contributed by atoms with E-state index in [2.05, 4.69) is 0 Å². The van der Waals surface area contributed by atoms with Crippen LogP contribution in [0.2, 0.25) is 0 Å². The first-order chi connectivity index (χ1) is 7.86. The van der Waals surface area contributed by atoms with Crippen molar-refractivity contribution in [3.63, 3.8) is 0 Å². The second-order valence-corrected chi connectivity index (χ2v) is 5.09. The summed E-state index contributed by atoms with van der Waals surface area (Å²) in [6, 6.07) is 2.18. The molecule has 0 saturated heterocycles. The number of rotatable bonds is 1. The quantitative estimate of drug-likeness (QED) is 0.827. The molecule has 0 spiro atoms. The molecule has 0 atom stereocenters. The van der Waals surface area contributed by atoms with E-state index < -0.39 is 11.6 Å². The van der Waals surface area contributed by atoms with Gasteiger partial charge in [0, 0.05) is 5.56 Å². The van der Waals surface area contributed by atoms with Gasteiger partial charge in [0.25, 0.3) is 0 Å². The molecule has 1 aromatic carbocycles. The van der Waals surface area contributed by atoms with E-state index in [0.717, 1.165) is 12.1 Å². The summed E-state index contributed by atoms with van der Waals surface area (Å²) in [4.78, 5) is 0. The van der Waals surface area contributed by atoms with Gasteiger partial charge in [-0.1, -0.05) is 20.8 Å². The Kier molecular flexibility index (Phi) is 2.70. The summed E-state index contributed by atoms with van der Waals surface area (Å²) in [7, 11) is 0. The molecule has 2 aromatic rings. The van der Waals surface area contributed by atoms with Gasteiger partial charge in [-0.15, -0.1) is 0 Å². The van der Waals surface area contributed by atoms with Crippen molar-refractivity contribution in [1.82, 2.24) is 0 Å². The summed E-state index contributed by atoms with van der Waals surface area (Å²) in [5, 5.41) is 0.206. The van der Waals surface area contributed by atoms with E-state index in [1.807, 2.05) is 20.8 Å². The Morgan fingerprint density at radius 1 is 1.18 bits per heavy atom. The maximum absolute atomic E-state index is 13.8. The van der Waals surface area contributed by atoms with Gasteiger partial charge in [0.2, 0.25) is 0 Å². The van der Waals surface area contributed by atoms with Crippen molar-refractivity contribution >= 4 is 11.0 Å². The van der Waals surface area contributed by atoms with Crippen LogP contribution in [0, 0.1) is 11.6 Å². The summed E-state index contributed by atoms with van der Waals surface area (Å²) >= 11 is 0. The molecule has 1 heterocycles. The first-order valence-corrected chi connectivity index (χ1v) is 5.46. The average Bonchev–Trinajstić information content (AvgIpc) is 2.63. The molecule has 0 fully saturated rings. The van der Waals surface area contributed by atoms with Gasteiger partial charge in [0.15, 0.2) is 11.4 Å². The molecule has 92 valence electrons. The molecule has 0 aliphatic rings. The highest BCUT2D eigenvalue weighted by molar-refractivity contribution is 5.84. The number of hydrogen-bond acceptors (Lipinski definition) is 2. The van der Waals surface area contributed by atoms with Crippen LogP contribution >= 0.6 is 0 Å². The summed E-state index contributed by atoms with van der Waals surface area (Å²) in [5.74, 6) is -0.599. The Labute approximate surface area is 98.4 Å². The minimum absolute atomic E-state index is 0.0459. The summed E-state index contributed by atoms with van der Waals surface area (Å²) < 4.78 is 32.8. The zero-order valence-electron chi connectivity index (χ0n) is 10.1. The van der Waals surface area contributed by atoms with Gasteiger partial charge in [0.1, 0.15) is 11.6 Å². The third-order valence-corrected chi connectivity index (χ3v) is 2.75. The highest BCUT2D eigenvalue weighted by Crippen LogP contribution is 2.37. The lowest BCUT2D eigenvalue weighted by molar-refractivity contribution is 0.496. The van der Waals surface area contributed by atoms with Crippen molar-refractivity contribution < 1.29 is 13.2 Å². The van der Waals surface area contributed by atoms with E-state index in [1.165, 1.54) is 0 Å². The first kappa shape index (κ1) is 12.0. The van der Waals surface area contributed by atoms with E-state index in [0.29, 0.717) is 11.3 Å². The molecule has 0 bridgehead atoms. The van der Waals surface area contributed by atoms with Gasteiger partial charge in [-0.05, 0) is 17.5 Å². The molecule has 1 aromatic heterocycles. The summed E-state index contributed by atoms with van der Waals surface area (Å²) in [6.07, 6.45) is 0. The topological polar surface area (TPSA) is 39.2 Å². The first-order valence-electron chi connectivity index (χ1n) is 5.46. The predicted molar refractivity (Wildman–Crippen MR) is 62.7 cm³/mol. The number of benzene rings is 1. The summed E-state index contributed by atoms with van der Waals surface area (Å²) in [5.41, 5.74) is 5.82. The van der Waals surface area contributed by atoms with E-state index in [-0.39, 0.29) is 22.9 Å². The molecule has 0 unspecified atom stereocenters. The molecule has 17 heavy (non-hydrogen) atoms. The predicted octanol–water partition coefficient (Wildman–Crippen LogP) is 3.47. The molecule has 2 nitrogen and oxygen atoms in total. The van der Waals surface area contributed by atoms with Crippen molar-refractivity contribution in [3.8, 4) is 0 Å².